The molecular formula is C15H30N2P+. The first kappa shape index (κ1) is 16.0. The van der Waals surface area contributed by atoms with Gasteiger partial charge in [-0.15, -0.1) is 0 Å². The minimum atomic E-state index is 0.683. The van der Waals surface area contributed by atoms with Gasteiger partial charge < -0.3 is 0 Å². The predicted molar refractivity (Wildman–Crippen MR) is 82.3 cm³/mol. The summed E-state index contributed by atoms with van der Waals surface area (Å²) in [5, 5.41) is 0. The van der Waals surface area contributed by atoms with Crippen LogP contribution >= 0.6 is 8.88 Å². The Morgan fingerprint density at radius 2 is 1.61 bits per heavy atom. The first-order valence-electron chi connectivity index (χ1n) is 7.62. The fourth-order valence-electron chi connectivity index (χ4n) is 2.47. The van der Waals surface area contributed by atoms with E-state index in [4.69, 9.17) is 0 Å². The lowest BCUT2D eigenvalue weighted by Crippen LogP contribution is -2.38. The zero-order valence-corrected chi connectivity index (χ0v) is 13.6. The average molecular weight is 269 g/mol. The van der Waals surface area contributed by atoms with Gasteiger partial charge in [-0.25, -0.2) is 8.92 Å². The number of rotatable bonds is 6. The average Bonchev–Trinajstić information content (AvgIpc) is 2.93. The van der Waals surface area contributed by atoms with E-state index in [-0.39, 0.29) is 0 Å². The van der Waals surface area contributed by atoms with Gasteiger partial charge in [0.1, 0.15) is 6.04 Å². The van der Waals surface area contributed by atoms with Crippen LogP contribution in [0.15, 0.2) is 0 Å². The van der Waals surface area contributed by atoms with E-state index in [0.29, 0.717) is 5.92 Å². The highest BCUT2D eigenvalue weighted by molar-refractivity contribution is 7.28. The second kappa shape index (κ2) is 8.16. The summed E-state index contributed by atoms with van der Waals surface area (Å²) in [5.74, 6) is 4.26. The minimum absolute atomic E-state index is 0.683. The standard InChI is InChI=1S/C15H30N2P/c1-5-16(6-2)18-17(7-3,8-4)14-13-15-11-9-10-12-15/h15,18H,5-12H2,1-4H3/q+1. The van der Waals surface area contributed by atoms with Crippen molar-refractivity contribution in [3.8, 4) is 12.0 Å². The topological polar surface area (TPSA) is 3.24 Å². The lowest BCUT2D eigenvalue weighted by molar-refractivity contribution is -0.729. The molecule has 1 rings (SSSR count). The molecular weight excluding hydrogens is 239 g/mol. The van der Waals surface area contributed by atoms with Crippen molar-refractivity contribution in [1.82, 2.24) is 4.67 Å². The van der Waals surface area contributed by atoms with E-state index in [9.17, 15) is 0 Å². The number of nitrogens with zero attached hydrogens (tertiary/aromatic N) is 2. The third-order valence-corrected chi connectivity index (χ3v) is 6.06. The number of hydrogen-bond acceptors (Lipinski definition) is 1. The third-order valence-electron chi connectivity index (χ3n) is 4.01. The van der Waals surface area contributed by atoms with Crippen LogP contribution in [-0.4, -0.2) is 35.1 Å². The first-order valence-corrected chi connectivity index (χ1v) is 8.51. The molecule has 0 spiro atoms. The van der Waals surface area contributed by atoms with Gasteiger partial charge in [-0.2, -0.15) is 0 Å². The summed E-state index contributed by atoms with van der Waals surface area (Å²) in [6, 6.07) is 3.63. The first-order chi connectivity index (χ1) is 8.69. The van der Waals surface area contributed by atoms with E-state index in [1.54, 1.807) is 0 Å². The van der Waals surface area contributed by atoms with Crippen LogP contribution in [0.5, 0.6) is 0 Å². The molecule has 0 bridgehead atoms. The van der Waals surface area contributed by atoms with Crippen LogP contribution in [0.4, 0.5) is 0 Å². The Bertz CT molecular complexity index is 279. The van der Waals surface area contributed by atoms with Crippen molar-refractivity contribution in [3.63, 3.8) is 0 Å². The Hall–Kier alpha value is -0.0900. The Morgan fingerprint density at radius 1 is 1.06 bits per heavy atom. The van der Waals surface area contributed by atoms with Crippen LogP contribution in [0.3, 0.4) is 0 Å². The van der Waals surface area contributed by atoms with Gasteiger partial charge >= 0.3 is 0 Å². The molecule has 2 nitrogen and oxygen atoms in total. The van der Waals surface area contributed by atoms with Crippen molar-refractivity contribution in [1.29, 1.82) is 0 Å². The molecule has 1 atom stereocenters. The van der Waals surface area contributed by atoms with E-state index in [2.05, 4.69) is 44.3 Å². The second-order valence-corrected chi connectivity index (χ2v) is 6.80. The summed E-state index contributed by atoms with van der Waals surface area (Å²) in [6.07, 6.45) is 5.43. The van der Waals surface area contributed by atoms with Gasteiger partial charge in [-0.05, 0) is 32.6 Å². The molecule has 0 N–H and O–H groups in total. The SMILES string of the molecule is CCN(CC)P[N+](C#CC1CCCC1)(CC)CC. The van der Waals surface area contributed by atoms with Crippen LogP contribution < -0.4 is 0 Å². The molecule has 0 amide bonds. The van der Waals surface area contributed by atoms with Gasteiger partial charge in [0, 0.05) is 19.0 Å². The van der Waals surface area contributed by atoms with Crippen molar-refractivity contribution >= 4 is 8.88 Å². The molecule has 0 aromatic heterocycles. The molecule has 0 heterocycles. The molecule has 1 saturated carbocycles. The van der Waals surface area contributed by atoms with Crippen LogP contribution in [0, 0.1) is 17.9 Å². The smallest absolute Gasteiger partial charge is 0.184 e. The van der Waals surface area contributed by atoms with Gasteiger partial charge in [-0.3, -0.25) is 0 Å². The highest BCUT2D eigenvalue weighted by Gasteiger charge is 2.25. The summed E-state index contributed by atoms with van der Waals surface area (Å²) in [4.78, 5) is 0. The zero-order valence-electron chi connectivity index (χ0n) is 12.6. The molecule has 1 fully saturated rings. The van der Waals surface area contributed by atoms with Crippen LogP contribution in [0.1, 0.15) is 53.4 Å². The maximum Gasteiger partial charge on any atom is 0.184 e. The summed E-state index contributed by atoms with van der Waals surface area (Å²) >= 11 is 0. The van der Waals surface area contributed by atoms with Gasteiger partial charge in [0.05, 0.1) is 13.1 Å². The molecule has 0 saturated heterocycles. The van der Waals surface area contributed by atoms with E-state index in [1.165, 1.54) is 25.7 Å². The van der Waals surface area contributed by atoms with Crippen molar-refractivity contribution in [3.05, 3.63) is 0 Å². The summed E-state index contributed by atoms with van der Waals surface area (Å²) < 4.78 is 3.49. The summed E-state index contributed by atoms with van der Waals surface area (Å²) in [5.41, 5.74) is 0. The maximum absolute atomic E-state index is 3.63. The molecule has 1 unspecified atom stereocenters. The summed E-state index contributed by atoms with van der Waals surface area (Å²) in [6.45, 7) is 13.6. The van der Waals surface area contributed by atoms with E-state index in [1.807, 2.05) is 0 Å². The molecule has 0 aromatic rings. The molecule has 3 heteroatoms. The molecule has 0 aliphatic heterocycles. The molecule has 104 valence electrons. The van der Waals surface area contributed by atoms with Gasteiger partial charge in [0.25, 0.3) is 0 Å². The highest BCUT2D eigenvalue weighted by atomic mass is 31.1. The highest BCUT2D eigenvalue weighted by Crippen LogP contribution is 2.32. The van der Waals surface area contributed by atoms with E-state index < -0.39 is 0 Å². The predicted octanol–water partition coefficient (Wildman–Crippen LogP) is 3.84. The summed E-state index contributed by atoms with van der Waals surface area (Å²) in [7, 11) is 0.805. The van der Waals surface area contributed by atoms with Gasteiger partial charge in [0.15, 0.2) is 8.88 Å². The Balaban J connectivity index is 2.71. The zero-order chi connectivity index (χ0) is 13.4. The minimum Gasteiger partial charge on any atom is -0.237 e. The molecule has 0 aromatic carbocycles. The van der Waals surface area contributed by atoms with Crippen molar-refractivity contribution in [2.75, 3.05) is 26.2 Å². The lowest BCUT2D eigenvalue weighted by Gasteiger charge is -2.32. The molecule has 18 heavy (non-hydrogen) atoms. The van der Waals surface area contributed by atoms with Crippen LogP contribution in [0.25, 0.3) is 0 Å². The quantitative estimate of drug-likeness (QED) is 0.523. The second-order valence-electron chi connectivity index (χ2n) is 5.11. The van der Waals surface area contributed by atoms with Crippen molar-refractivity contribution in [2.45, 2.75) is 53.4 Å². The van der Waals surface area contributed by atoms with Crippen LogP contribution in [0.2, 0.25) is 0 Å². The monoisotopic (exact) mass is 269 g/mol. The number of hydrogen-bond donors (Lipinski definition) is 0. The Morgan fingerprint density at radius 3 is 2.06 bits per heavy atom. The lowest BCUT2D eigenvalue weighted by atomic mass is 10.1. The molecule has 1 aliphatic rings. The fraction of sp³-hybridized carbons (Fsp3) is 0.867. The molecule has 1 aliphatic carbocycles. The van der Waals surface area contributed by atoms with Crippen molar-refractivity contribution in [2.24, 2.45) is 5.92 Å². The largest absolute Gasteiger partial charge is 0.237 e. The van der Waals surface area contributed by atoms with E-state index >= 15 is 0 Å². The fourth-order valence-corrected chi connectivity index (χ4v) is 3.69. The molecule has 0 radical (unpaired) electrons. The number of quaternary nitrogens is 1. The van der Waals surface area contributed by atoms with Crippen LogP contribution in [-0.2, 0) is 0 Å². The maximum atomic E-state index is 3.63. The Labute approximate surface area is 116 Å². The van der Waals surface area contributed by atoms with Crippen molar-refractivity contribution < 1.29 is 4.25 Å². The normalized spacial score (nSPS) is 17.6. The van der Waals surface area contributed by atoms with Gasteiger partial charge in [-0.1, -0.05) is 26.7 Å². The third kappa shape index (κ3) is 4.54. The van der Waals surface area contributed by atoms with E-state index in [0.717, 1.165) is 39.3 Å². The van der Waals surface area contributed by atoms with Gasteiger partial charge in [0.2, 0.25) is 0 Å². The Kier molecular flexibility index (Phi) is 7.23.